The number of nitrogens with one attached hydrogen (secondary N) is 1. The molecular formula is C41H43N. The van der Waals surface area contributed by atoms with Crippen molar-refractivity contribution in [2.24, 2.45) is 0 Å². The van der Waals surface area contributed by atoms with Crippen LogP contribution in [0.1, 0.15) is 70.6 Å². The van der Waals surface area contributed by atoms with Gasteiger partial charge in [-0.15, -0.1) is 0 Å². The number of aryl methyl sites for hydroxylation is 1. The van der Waals surface area contributed by atoms with Gasteiger partial charge in [0.1, 0.15) is 0 Å². The first-order chi connectivity index (χ1) is 20.1. The molecule has 2 aliphatic rings. The van der Waals surface area contributed by atoms with Gasteiger partial charge in [0.15, 0.2) is 0 Å². The number of hydrogen-bond donors (Lipinski definition) is 1. The Morgan fingerprint density at radius 3 is 2.26 bits per heavy atom. The van der Waals surface area contributed by atoms with E-state index in [1.807, 2.05) is 0 Å². The molecule has 1 N–H and O–H groups in total. The fraction of sp³-hybridized carbons (Fsp3) is 0.268. The van der Waals surface area contributed by atoms with Crippen molar-refractivity contribution in [3.63, 3.8) is 0 Å². The molecule has 1 aliphatic carbocycles. The minimum Gasteiger partial charge on any atom is -0.358 e. The Kier molecular flexibility index (Phi) is 7.09. The molecule has 0 spiro atoms. The van der Waals surface area contributed by atoms with Crippen LogP contribution >= 0.6 is 0 Å². The average molecular weight is 550 g/mol. The van der Waals surface area contributed by atoms with Gasteiger partial charge in [0.05, 0.1) is 0 Å². The molecule has 1 aliphatic heterocycles. The Balaban J connectivity index is 1.28. The molecule has 1 nitrogen and oxygen atoms in total. The second-order valence-corrected chi connectivity index (χ2v) is 13.2. The number of benzene rings is 4. The molecule has 42 heavy (non-hydrogen) atoms. The Morgan fingerprint density at radius 1 is 0.833 bits per heavy atom. The van der Waals surface area contributed by atoms with Crippen molar-refractivity contribution in [3.8, 4) is 0 Å². The van der Waals surface area contributed by atoms with Crippen molar-refractivity contribution >= 4 is 27.2 Å². The van der Waals surface area contributed by atoms with Gasteiger partial charge in [-0.3, -0.25) is 0 Å². The number of rotatable bonds is 5. The quantitative estimate of drug-likeness (QED) is 0.244. The highest BCUT2D eigenvalue weighted by Gasteiger charge is 2.36. The number of hydrogen-bond acceptors (Lipinski definition) is 1. The van der Waals surface area contributed by atoms with E-state index < -0.39 is 0 Å². The molecule has 1 heterocycles. The van der Waals surface area contributed by atoms with Crippen LogP contribution in [0.3, 0.4) is 0 Å². The highest BCUT2D eigenvalue weighted by atomic mass is 15.0. The minimum atomic E-state index is -0.174. The molecule has 6 rings (SSSR count). The minimum absolute atomic E-state index is 0.0780. The largest absolute Gasteiger partial charge is 0.358 e. The molecule has 0 amide bonds. The second-order valence-electron chi connectivity index (χ2n) is 13.2. The maximum Gasteiger partial charge on any atom is 0.0430 e. The summed E-state index contributed by atoms with van der Waals surface area (Å²) in [6, 6.07) is 26.4. The molecule has 0 unspecified atom stereocenters. The van der Waals surface area contributed by atoms with E-state index in [0.29, 0.717) is 0 Å². The van der Waals surface area contributed by atoms with Gasteiger partial charge < -0.3 is 5.32 Å². The fourth-order valence-corrected chi connectivity index (χ4v) is 7.17. The van der Waals surface area contributed by atoms with Crippen LogP contribution < -0.4 is 5.32 Å². The lowest BCUT2D eigenvalue weighted by atomic mass is 9.74. The molecular weight excluding hydrogens is 506 g/mol. The number of fused-ring (bicyclic) bond motifs is 4. The van der Waals surface area contributed by atoms with Gasteiger partial charge in [-0.2, -0.15) is 0 Å². The van der Waals surface area contributed by atoms with Gasteiger partial charge in [-0.25, -0.2) is 0 Å². The van der Waals surface area contributed by atoms with Crippen molar-refractivity contribution in [1.82, 2.24) is 0 Å². The zero-order valence-corrected chi connectivity index (χ0v) is 26.1. The third kappa shape index (κ3) is 4.75. The summed E-state index contributed by atoms with van der Waals surface area (Å²) in [7, 11) is 0. The number of allylic oxidation sites excluding steroid dienone is 9. The summed E-state index contributed by atoms with van der Waals surface area (Å²) < 4.78 is 0. The summed E-state index contributed by atoms with van der Waals surface area (Å²) in [4.78, 5) is 0. The SMILES string of the molecule is C=C(/C=C/C1=C(C)C(=C/C=C2/Nc3ccc4ccccc4c3C2(C)C)/CCC1)C(C)(C)c1c(C)ccc2ccccc12. The van der Waals surface area contributed by atoms with Crippen LogP contribution in [0.4, 0.5) is 5.69 Å². The van der Waals surface area contributed by atoms with Crippen molar-refractivity contribution in [3.05, 3.63) is 148 Å². The number of anilines is 1. The van der Waals surface area contributed by atoms with Crippen LogP contribution in [0.2, 0.25) is 0 Å². The fourth-order valence-electron chi connectivity index (χ4n) is 7.17. The lowest BCUT2D eigenvalue weighted by Gasteiger charge is -2.30. The summed E-state index contributed by atoms with van der Waals surface area (Å²) in [5.41, 5.74) is 11.7. The highest BCUT2D eigenvalue weighted by Crippen LogP contribution is 2.47. The van der Waals surface area contributed by atoms with Crippen LogP contribution in [0, 0.1) is 6.92 Å². The summed E-state index contributed by atoms with van der Waals surface area (Å²) in [6.45, 7) is 18.4. The van der Waals surface area contributed by atoms with Gasteiger partial charge in [0, 0.05) is 22.2 Å². The molecule has 0 aromatic heterocycles. The van der Waals surface area contributed by atoms with E-state index in [1.165, 1.54) is 72.8 Å². The first-order valence-electron chi connectivity index (χ1n) is 15.4. The predicted octanol–water partition coefficient (Wildman–Crippen LogP) is 11.4. The van der Waals surface area contributed by atoms with E-state index in [-0.39, 0.29) is 10.8 Å². The predicted molar refractivity (Wildman–Crippen MR) is 183 cm³/mol. The van der Waals surface area contributed by atoms with Gasteiger partial charge in [-0.1, -0.05) is 119 Å². The Bertz CT molecular complexity index is 1850. The molecule has 0 atom stereocenters. The van der Waals surface area contributed by atoms with Gasteiger partial charge in [-0.05, 0) is 106 Å². The molecule has 4 aromatic carbocycles. The van der Waals surface area contributed by atoms with Gasteiger partial charge >= 0.3 is 0 Å². The van der Waals surface area contributed by atoms with Crippen molar-refractivity contribution in [2.45, 2.75) is 71.6 Å². The molecule has 4 aromatic rings. The summed E-state index contributed by atoms with van der Waals surface area (Å²) in [6.07, 6.45) is 12.7. The normalized spacial score (nSPS) is 18.8. The van der Waals surface area contributed by atoms with Crippen LogP contribution in [0.25, 0.3) is 21.5 Å². The Labute approximate surface area is 252 Å². The van der Waals surface area contributed by atoms with Crippen molar-refractivity contribution in [2.75, 3.05) is 5.32 Å². The Morgan fingerprint density at radius 2 is 1.50 bits per heavy atom. The maximum absolute atomic E-state index is 4.58. The van der Waals surface area contributed by atoms with E-state index in [9.17, 15) is 0 Å². The first kappa shape index (κ1) is 28.0. The standard InChI is InChI=1S/C41H43N/c1-27-19-21-32-13-8-10-17-34(32)38(27)40(4,5)28(2)20-22-30-15-12-16-31(29(30)3)24-26-37-41(6,7)39-35-18-11-9-14-33(35)23-25-36(39)42-37/h8-11,13-14,17-26,42H,2,12,15-16H2,1,3-7H3/b22-20+,31-24+,37-26+. The third-order valence-corrected chi connectivity index (χ3v) is 9.85. The van der Waals surface area contributed by atoms with Gasteiger partial charge in [0.25, 0.3) is 0 Å². The smallest absolute Gasteiger partial charge is 0.0430 e. The first-order valence-corrected chi connectivity index (χ1v) is 15.4. The van der Waals surface area contributed by atoms with E-state index in [4.69, 9.17) is 0 Å². The highest BCUT2D eigenvalue weighted by molar-refractivity contribution is 5.94. The average Bonchev–Trinajstić information content (AvgIpc) is 3.25. The lowest BCUT2D eigenvalue weighted by molar-refractivity contribution is 0.643. The maximum atomic E-state index is 4.58. The molecule has 0 saturated heterocycles. The monoisotopic (exact) mass is 549 g/mol. The lowest BCUT2D eigenvalue weighted by Crippen LogP contribution is -2.20. The van der Waals surface area contributed by atoms with E-state index in [0.717, 1.165) is 18.4 Å². The zero-order valence-electron chi connectivity index (χ0n) is 26.1. The molecule has 212 valence electrons. The second kappa shape index (κ2) is 10.6. The molecule has 1 heteroatoms. The topological polar surface area (TPSA) is 12.0 Å². The summed E-state index contributed by atoms with van der Waals surface area (Å²) >= 11 is 0. The molecule has 0 saturated carbocycles. The Hall–Kier alpha value is -4.10. The molecule has 0 radical (unpaired) electrons. The van der Waals surface area contributed by atoms with Crippen LogP contribution in [-0.2, 0) is 10.8 Å². The zero-order chi connectivity index (χ0) is 29.6. The van der Waals surface area contributed by atoms with Crippen molar-refractivity contribution < 1.29 is 0 Å². The van der Waals surface area contributed by atoms with Crippen LogP contribution in [0.15, 0.2) is 132 Å². The van der Waals surface area contributed by atoms with Crippen LogP contribution in [-0.4, -0.2) is 0 Å². The third-order valence-electron chi connectivity index (χ3n) is 9.85. The van der Waals surface area contributed by atoms with E-state index >= 15 is 0 Å². The van der Waals surface area contributed by atoms with Crippen molar-refractivity contribution in [1.29, 1.82) is 0 Å². The van der Waals surface area contributed by atoms with Crippen LogP contribution in [0.5, 0.6) is 0 Å². The molecule has 0 bridgehead atoms. The van der Waals surface area contributed by atoms with Gasteiger partial charge in [0.2, 0.25) is 0 Å². The van der Waals surface area contributed by atoms with E-state index in [2.05, 4.69) is 151 Å². The molecule has 0 fully saturated rings. The van der Waals surface area contributed by atoms with E-state index in [1.54, 1.807) is 0 Å². The summed E-state index contributed by atoms with van der Waals surface area (Å²) in [5, 5.41) is 8.99. The summed E-state index contributed by atoms with van der Waals surface area (Å²) in [5.74, 6) is 0.